The van der Waals surface area contributed by atoms with E-state index in [4.69, 9.17) is 11.1 Å². The lowest BCUT2D eigenvalue weighted by molar-refractivity contribution is -0.139. The Hall–Kier alpha value is -3.03. The Morgan fingerprint density at radius 3 is 2.76 bits per heavy atom. The standard InChI is InChI=1S/C13H15N5O3/c14-12(15)18-13(21)17-10(11(19)20)5-7-6-16-9-4-2-1-3-8(7)9/h1-4,6,10,16H,5H2,(H,19,20)(H5,14,15,17,18,21). The van der Waals surface area contributed by atoms with Gasteiger partial charge in [0.25, 0.3) is 0 Å². The molecule has 21 heavy (non-hydrogen) atoms. The molecule has 7 N–H and O–H groups in total. The van der Waals surface area contributed by atoms with Gasteiger partial charge in [-0.3, -0.25) is 10.7 Å². The van der Waals surface area contributed by atoms with Gasteiger partial charge < -0.3 is 21.1 Å². The number of fused-ring (bicyclic) bond motifs is 1. The Morgan fingerprint density at radius 2 is 2.10 bits per heavy atom. The zero-order valence-corrected chi connectivity index (χ0v) is 11.0. The van der Waals surface area contributed by atoms with Crippen LogP contribution in [0, 0.1) is 5.41 Å². The van der Waals surface area contributed by atoms with Gasteiger partial charge in [0.05, 0.1) is 0 Å². The minimum atomic E-state index is -1.17. The Kier molecular flexibility index (Phi) is 4.07. The van der Waals surface area contributed by atoms with Gasteiger partial charge in [-0.15, -0.1) is 0 Å². The van der Waals surface area contributed by atoms with E-state index in [1.165, 1.54) is 0 Å². The van der Waals surface area contributed by atoms with Crippen molar-refractivity contribution in [1.82, 2.24) is 15.6 Å². The molecule has 2 aromatic rings. The number of nitrogens with one attached hydrogen (secondary N) is 4. The number of rotatable bonds is 4. The highest BCUT2D eigenvalue weighted by atomic mass is 16.4. The number of carboxylic acids is 1. The zero-order chi connectivity index (χ0) is 15.4. The second-order valence-electron chi connectivity index (χ2n) is 4.47. The molecule has 0 saturated heterocycles. The number of aliphatic carboxylic acids is 1. The minimum Gasteiger partial charge on any atom is -0.480 e. The number of carboxylic acid groups (broad SMARTS) is 1. The highest BCUT2D eigenvalue weighted by Gasteiger charge is 2.21. The number of amides is 2. The number of guanidine groups is 1. The molecular formula is C13H15N5O3. The third-order valence-corrected chi connectivity index (χ3v) is 2.95. The Balaban J connectivity index is 2.15. The molecule has 1 unspecified atom stereocenters. The average Bonchev–Trinajstić information content (AvgIpc) is 2.80. The van der Waals surface area contributed by atoms with E-state index in [9.17, 15) is 14.7 Å². The number of nitrogens with two attached hydrogens (primary N) is 1. The minimum absolute atomic E-state index is 0.116. The first kappa shape index (κ1) is 14.4. The van der Waals surface area contributed by atoms with Crippen molar-refractivity contribution in [3.63, 3.8) is 0 Å². The van der Waals surface area contributed by atoms with Gasteiger partial charge in [0.2, 0.25) is 0 Å². The van der Waals surface area contributed by atoms with Crippen molar-refractivity contribution >= 4 is 28.9 Å². The fourth-order valence-corrected chi connectivity index (χ4v) is 2.04. The van der Waals surface area contributed by atoms with Crippen LogP contribution in [-0.4, -0.2) is 34.1 Å². The van der Waals surface area contributed by atoms with E-state index in [1.807, 2.05) is 29.6 Å². The molecule has 1 atom stereocenters. The summed E-state index contributed by atoms with van der Waals surface area (Å²) >= 11 is 0. The van der Waals surface area contributed by atoms with Crippen LogP contribution < -0.4 is 16.4 Å². The highest BCUT2D eigenvalue weighted by Crippen LogP contribution is 2.19. The van der Waals surface area contributed by atoms with E-state index < -0.39 is 24.0 Å². The van der Waals surface area contributed by atoms with Crippen molar-refractivity contribution in [1.29, 1.82) is 5.41 Å². The third kappa shape index (κ3) is 3.50. The van der Waals surface area contributed by atoms with Gasteiger partial charge in [-0.2, -0.15) is 0 Å². The lowest BCUT2D eigenvalue weighted by Gasteiger charge is -2.14. The number of hydrogen-bond donors (Lipinski definition) is 6. The fraction of sp³-hybridized carbons (Fsp3) is 0.154. The molecule has 110 valence electrons. The molecule has 0 aliphatic heterocycles. The third-order valence-electron chi connectivity index (χ3n) is 2.95. The summed E-state index contributed by atoms with van der Waals surface area (Å²) in [5, 5.41) is 21.3. The van der Waals surface area contributed by atoms with Gasteiger partial charge in [0.15, 0.2) is 5.96 Å². The molecule has 0 fully saturated rings. The maximum Gasteiger partial charge on any atom is 0.326 e. The van der Waals surface area contributed by atoms with Crippen molar-refractivity contribution in [2.24, 2.45) is 5.73 Å². The summed E-state index contributed by atoms with van der Waals surface area (Å²) in [5.41, 5.74) is 6.69. The molecule has 0 spiro atoms. The number of hydrogen-bond acceptors (Lipinski definition) is 3. The SMILES string of the molecule is N=C(N)NC(=O)NC(Cc1c[nH]c2ccccc12)C(=O)O. The molecule has 2 amide bonds. The van der Waals surface area contributed by atoms with Crippen LogP contribution in [0.4, 0.5) is 4.79 Å². The maximum atomic E-state index is 11.4. The van der Waals surface area contributed by atoms with Crippen molar-refractivity contribution in [2.75, 3.05) is 0 Å². The number of benzene rings is 1. The smallest absolute Gasteiger partial charge is 0.326 e. The van der Waals surface area contributed by atoms with Crippen molar-refractivity contribution in [2.45, 2.75) is 12.5 Å². The summed E-state index contributed by atoms with van der Waals surface area (Å²) in [5.74, 6) is -1.72. The summed E-state index contributed by atoms with van der Waals surface area (Å²) in [7, 11) is 0. The van der Waals surface area contributed by atoms with Crippen molar-refractivity contribution < 1.29 is 14.7 Å². The second-order valence-corrected chi connectivity index (χ2v) is 4.47. The molecule has 1 heterocycles. The number of carbonyl (C=O) groups excluding carboxylic acids is 1. The Labute approximate surface area is 119 Å². The summed E-state index contributed by atoms with van der Waals surface area (Å²) in [6.07, 6.45) is 1.83. The van der Waals surface area contributed by atoms with Crippen LogP contribution >= 0.6 is 0 Å². The molecule has 8 nitrogen and oxygen atoms in total. The quantitative estimate of drug-likeness (QED) is 0.356. The average molecular weight is 289 g/mol. The first-order chi connectivity index (χ1) is 9.97. The van der Waals surface area contributed by atoms with Gasteiger partial charge in [0.1, 0.15) is 6.04 Å². The van der Waals surface area contributed by atoms with Gasteiger partial charge in [-0.05, 0) is 11.6 Å². The van der Waals surface area contributed by atoms with E-state index in [0.717, 1.165) is 16.5 Å². The van der Waals surface area contributed by atoms with Crippen LogP contribution in [0.15, 0.2) is 30.5 Å². The van der Waals surface area contributed by atoms with E-state index in [-0.39, 0.29) is 6.42 Å². The Bertz CT molecular complexity index is 694. The van der Waals surface area contributed by atoms with Gasteiger partial charge in [-0.1, -0.05) is 18.2 Å². The largest absolute Gasteiger partial charge is 0.480 e. The molecule has 1 aromatic heterocycles. The molecule has 0 saturated carbocycles. The van der Waals surface area contributed by atoms with E-state index in [1.54, 1.807) is 6.20 Å². The number of aromatic amines is 1. The van der Waals surface area contributed by atoms with Gasteiger partial charge >= 0.3 is 12.0 Å². The summed E-state index contributed by atoms with van der Waals surface area (Å²) in [4.78, 5) is 25.7. The zero-order valence-electron chi connectivity index (χ0n) is 11.0. The van der Waals surface area contributed by atoms with Crippen LogP contribution in [0.25, 0.3) is 10.9 Å². The number of para-hydroxylation sites is 1. The van der Waals surface area contributed by atoms with Crippen LogP contribution in [0.3, 0.4) is 0 Å². The van der Waals surface area contributed by atoms with E-state index in [0.29, 0.717) is 0 Å². The Morgan fingerprint density at radius 1 is 1.38 bits per heavy atom. The van der Waals surface area contributed by atoms with Gasteiger partial charge in [0, 0.05) is 23.5 Å². The van der Waals surface area contributed by atoms with E-state index in [2.05, 4.69) is 10.3 Å². The van der Waals surface area contributed by atoms with Crippen molar-refractivity contribution in [3.05, 3.63) is 36.0 Å². The summed E-state index contributed by atoms with van der Waals surface area (Å²) in [6, 6.07) is 5.53. The van der Waals surface area contributed by atoms with Crippen LogP contribution in [0.5, 0.6) is 0 Å². The van der Waals surface area contributed by atoms with Gasteiger partial charge in [-0.25, -0.2) is 9.59 Å². The molecule has 2 rings (SSSR count). The molecular weight excluding hydrogens is 274 g/mol. The molecule has 8 heteroatoms. The topological polar surface area (TPSA) is 144 Å². The normalized spacial score (nSPS) is 11.8. The molecule has 0 aliphatic carbocycles. The van der Waals surface area contributed by atoms with E-state index >= 15 is 0 Å². The van der Waals surface area contributed by atoms with Crippen LogP contribution in [0.1, 0.15) is 5.56 Å². The number of aromatic nitrogens is 1. The number of carbonyl (C=O) groups is 2. The predicted octanol–water partition coefficient (Wildman–Crippen LogP) is 0.356. The predicted molar refractivity (Wildman–Crippen MR) is 77.0 cm³/mol. The lowest BCUT2D eigenvalue weighted by Crippen LogP contribution is -2.50. The second kappa shape index (κ2) is 5.95. The maximum absolute atomic E-state index is 11.4. The molecule has 0 radical (unpaired) electrons. The molecule has 0 aliphatic rings. The van der Waals surface area contributed by atoms with Crippen LogP contribution in [-0.2, 0) is 11.2 Å². The number of H-pyrrole nitrogens is 1. The first-order valence-electron chi connectivity index (χ1n) is 6.16. The fourth-order valence-electron chi connectivity index (χ4n) is 2.04. The summed E-state index contributed by atoms with van der Waals surface area (Å²) in [6.45, 7) is 0. The van der Waals surface area contributed by atoms with Crippen molar-refractivity contribution in [3.8, 4) is 0 Å². The summed E-state index contributed by atoms with van der Waals surface area (Å²) < 4.78 is 0. The first-order valence-corrected chi connectivity index (χ1v) is 6.16. The molecule has 0 bridgehead atoms. The molecule has 1 aromatic carbocycles. The number of urea groups is 1. The monoisotopic (exact) mass is 289 g/mol. The van der Waals surface area contributed by atoms with Crippen LogP contribution in [0.2, 0.25) is 0 Å². The lowest BCUT2D eigenvalue weighted by atomic mass is 10.1. The highest BCUT2D eigenvalue weighted by molar-refractivity contribution is 5.95.